The summed E-state index contributed by atoms with van der Waals surface area (Å²) in [7, 11) is 0. The Balaban J connectivity index is 1.30. The lowest BCUT2D eigenvalue weighted by atomic mass is 10.0. The fourth-order valence-corrected chi connectivity index (χ4v) is 3.42. The summed E-state index contributed by atoms with van der Waals surface area (Å²) in [5.41, 5.74) is 4.38. The monoisotopic (exact) mass is 499 g/mol. The van der Waals surface area contributed by atoms with E-state index in [0.29, 0.717) is 47.9 Å². The Labute approximate surface area is 207 Å². The minimum Gasteiger partial charge on any atom is -0.492 e. The van der Waals surface area contributed by atoms with Crippen LogP contribution in [0.15, 0.2) is 47.6 Å². The largest absolute Gasteiger partial charge is 0.492 e. The number of nitrogens with one attached hydrogen (secondary N) is 3. The quantitative estimate of drug-likeness (QED) is 0.257. The zero-order valence-electron chi connectivity index (χ0n) is 18.9. The third-order valence-electron chi connectivity index (χ3n) is 5.01. The molecule has 1 aliphatic rings. The van der Waals surface area contributed by atoms with Crippen LogP contribution in [0.25, 0.3) is 0 Å². The van der Waals surface area contributed by atoms with Crippen molar-refractivity contribution in [2.24, 2.45) is 5.10 Å². The highest BCUT2D eigenvalue weighted by molar-refractivity contribution is 6.32. The number of aliphatic hydroxyl groups excluding tert-OH is 1. The van der Waals surface area contributed by atoms with Crippen molar-refractivity contribution >= 4 is 29.1 Å². The van der Waals surface area contributed by atoms with Crippen molar-refractivity contribution in [2.75, 3.05) is 26.3 Å². The standard InChI is InChI=1S/C24H26ClN5O5/c25-18-13-16(19-6-8-23(32)30-29-19)5-7-21(18)35-15-24(33)28-11-10-27-22(31)9-12-34-20-4-2-1-3-17(20)14-26/h1-5,7,13,22,27,31H,6,8-12,15H2,(H,28,33)(H,30,32)/t22-/m0/s1. The molecule has 2 aromatic carbocycles. The summed E-state index contributed by atoms with van der Waals surface area (Å²) in [6.07, 6.45) is 0.377. The molecule has 3 rings (SSSR count). The minimum absolute atomic E-state index is 0.122. The van der Waals surface area contributed by atoms with Gasteiger partial charge in [-0.1, -0.05) is 23.7 Å². The molecule has 0 spiro atoms. The minimum atomic E-state index is -0.822. The van der Waals surface area contributed by atoms with Gasteiger partial charge in [-0.3, -0.25) is 14.9 Å². The maximum atomic E-state index is 12.0. The predicted molar refractivity (Wildman–Crippen MR) is 129 cm³/mol. The maximum absolute atomic E-state index is 12.0. The van der Waals surface area contributed by atoms with Gasteiger partial charge in [-0.05, 0) is 35.9 Å². The smallest absolute Gasteiger partial charge is 0.257 e. The number of para-hydroxylation sites is 1. The van der Waals surface area contributed by atoms with E-state index in [4.69, 9.17) is 26.3 Å². The first kappa shape index (κ1) is 26.0. The van der Waals surface area contributed by atoms with E-state index in [0.717, 1.165) is 11.3 Å². The average molecular weight is 500 g/mol. The van der Waals surface area contributed by atoms with Gasteiger partial charge in [0.05, 0.1) is 22.9 Å². The van der Waals surface area contributed by atoms with Crippen LogP contribution in [0, 0.1) is 11.3 Å². The van der Waals surface area contributed by atoms with Crippen LogP contribution < -0.4 is 25.5 Å². The van der Waals surface area contributed by atoms with Crippen LogP contribution in [0.5, 0.6) is 11.5 Å². The molecule has 0 radical (unpaired) electrons. The highest BCUT2D eigenvalue weighted by Gasteiger charge is 2.15. The Morgan fingerprint density at radius 1 is 1.20 bits per heavy atom. The molecule has 184 valence electrons. The molecule has 10 nitrogen and oxygen atoms in total. The molecule has 11 heteroatoms. The summed E-state index contributed by atoms with van der Waals surface area (Å²) in [6.45, 7) is 0.644. The first-order valence-electron chi connectivity index (χ1n) is 11.0. The van der Waals surface area contributed by atoms with Crippen LogP contribution in [0.4, 0.5) is 0 Å². The molecular formula is C24H26ClN5O5. The first-order chi connectivity index (χ1) is 17.0. The average Bonchev–Trinajstić information content (AvgIpc) is 2.86. The molecular weight excluding hydrogens is 474 g/mol. The molecule has 2 aromatic rings. The van der Waals surface area contributed by atoms with E-state index < -0.39 is 6.23 Å². The summed E-state index contributed by atoms with van der Waals surface area (Å²) in [4.78, 5) is 23.2. The number of hydrogen-bond donors (Lipinski definition) is 4. The Morgan fingerprint density at radius 2 is 2.03 bits per heavy atom. The Morgan fingerprint density at radius 3 is 2.77 bits per heavy atom. The van der Waals surface area contributed by atoms with Gasteiger partial charge >= 0.3 is 0 Å². The van der Waals surface area contributed by atoms with E-state index in [-0.39, 0.29) is 31.6 Å². The number of hydrazone groups is 1. The number of benzene rings is 2. The second-order valence-corrected chi connectivity index (χ2v) is 8.00. The van der Waals surface area contributed by atoms with Gasteiger partial charge in [-0.15, -0.1) is 0 Å². The molecule has 0 fully saturated rings. The number of hydrogen-bond acceptors (Lipinski definition) is 8. The molecule has 35 heavy (non-hydrogen) atoms. The van der Waals surface area contributed by atoms with Crippen molar-refractivity contribution in [3.05, 3.63) is 58.6 Å². The molecule has 2 amide bonds. The van der Waals surface area contributed by atoms with Crippen LogP contribution in [0.2, 0.25) is 5.02 Å². The highest BCUT2D eigenvalue weighted by Crippen LogP contribution is 2.26. The number of carbonyl (C=O) groups excluding carboxylic acids is 2. The third-order valence-corrected chi connectivity index (χ3v) is 5.31. The molecule has 0 aliphatic carbocycles. The van der Waals surface area contributed by atoms with Gasteiger partial charge in [0.25, 0.3) is 5.91 Å². The number of amides is 2. The summed E-state index contributed by atoms with van der Waals surface area (Å²) in [6, 6.07) is 14.0. The molecule has 1 atom stereocenters. The number of halogens is 1. The number of aliphatic hydroxyl groups is 1. The van der Waals surface area contributed by atoms with E-state index in [1.807, 2.05) is 6.07 Å². The lowest BCUT2D eigenvalue weighted by Gasteiger charge is -2.15. The van der Waals surface area contributed by atoms with Gasteiger partial charge in [0.15, 0.2) is 6.61 Å². The molecule has 4 N–H and O–H groups in total. The molecule has 0 saturated carbocycles. The number of ether oxygens (including phenoxy) is 2. The topological polar surface area (TPSA) is 145 Å². The van der Waals surface area contributed by atoms with Crippen molar-refractivity contribution in [1.29, 1.82) is 5.26 Å². The molecule has 1 heterocycles. The van der Waals surface area contributed by atoms with Crippen molar-refractivity contribution < 1.29 is 24.2 Å². The second-order valence-electron chi connectivity index (χ2n) is 7.59. The van der Waals surface area contributed by atoms with E-state index >= 15 is 0 Å². The maximum Gasteiger partial charge on any atom is 0.257 e. The Kier molecular flexibility index (Phi) is 9.86. The lowest BCUT2D eigenvalue weighted by molar-refractivity contribution is -0.123. The van der Waals surface area contributed by atoms with E-state index in [2.05, 4.69) is 21.2 Å². The van der Waals surface area contributed by atoms with Gasteiger partial charge in [0.2, 0.25) is 5.91 Å². The van der Waals surface area contributed by atoms with Crippen molar-refractivity contribution in [3.63, 3.8) is 0 Å². The van der Waals surface area contributed by atoms with Crippen LogP contribution in [-0.2, 0) is 9.59 Å². The molecule has 0 saturated heterocycles. The second kappa shape index (κ2) is 13.3. The van der Waals surface area contributed by atoms with Gasteiger partial charge in [-0.2, -0.15) is 10.4 Å². The number of carbonyl (C=O) groups is 2. The predicted octanol–water partition coefficient (Wildman–Crippen LogP) is 1.70. The normalized spacial score (nSPS) is 13.7. The van der Waals surface area contributed by atoms with Gasteiger partial charge < -0.3 is 19.9 Å². The fourth-order valence-electron chi connectivity index (χ4n) is 3.18. The van der Waals surface area contributed by atoms with Gasteiger partial charge in [-0.25, -0.2) is 5.43 Å². The van der Waals surface area contributed by atoms with Gasteiger partial charge in [0, 0.05) is 32.4 Å². The highest BCUT2D eigenvalue weighted by atomic mass is 35.5. The van der Waals surface area contributed by atoms with E-state index in [1.54, 1.807) is 42.5 Å². The number of nitriles is 1. The SMILES string of the molecule is N#Cc1ccccc1OCC[C@H](O)NCCNC(=O)COc1ccc(C2=NNC(=O)CC2)cc1Cl. The van der Waals surface area contributed by atoms with Crippen LogP contribution in [0.3, 0.4) is 0 Å². The zero-order valence-corrected chi connectivity index (χ0v) is 19.7. The Bertz CT molecular complexity index is 1120. The fraction of sp³-hybridized carbons (Fsp3) is 0.333. The number of nitrogens with zero attached hydrogens (tertiary/aromatic N) is 2. The molecule has 0 aromatic heterocycles. The van der Waals surface area contributed by atoms with Crippen LogP contribution >= 0.6 is 11.6 Å². The van der Waals surface area contributed by atoms with E-state index in [9.17, 15) is 14.7 Å². The molecule has 0 bridgehead atoms. The van der Waals surface area contributed by atoms with Crippen LogP contribution in [0.1, 0.15) is 30.4 Å². The van der Waals surface area contributed by atoms with Crippen molar-refractivity contribution in [2.45, 2.75) is 25.5 Å². The molecule has 1 aliphatic heterocycles. The lowest BCUT2D eigenvalue weighted by Crippen LogP contribution is -2.39. The van der Waals surface area contributed by atoms with E-state index in [1.165, 1.54) is 0 Å². The Hall–Kier alpha value is -3.65. The number of rotatable bonds is 12. The summed E-state index contributed by atoms with van der Waals surface area (Å²) < 4.78 is 11.0. The summed E-state index contributed by atoms with van der Waals surface area (Å²) in [5.74, 6) is 0.373. The third kappa shape index (κ3) is 8.26. The van der Waals surface area contributed by atoms with Crippen molar-refractivity contribution in [3.8, 4) is 17.6 Å². The van der Waals surface area contributed by atoms with Crippen LogP contribution in [-0.4, -0.2) is 55.2 Å². The first-order valence-corrected chi connectivity index (χ1v) is 11.4. The van der Waals surface area contributed by atoms with Gasteiger partial charge in [0.1, 0.15) is 23.8 Å². The summed E-state index contributed by atoms with van der Waals surface area (Å²) in [5, 5.41) is 29.0. The van der Waals surface area contributed by atoms with Crippen molar-refractivity contribution in [1.82, 2.24) is 16.1 Å². The zero-order chi connectivity index (χ0) is 25.0. The molecule has 0 unspecified atom stereocenters. The summed E-state index contributed by atoms with van der Waals surface area (Å²) >= 11 is 6.26.